The molecule has 0 fully saturated rings. The molecule has 4 N–H and O–H groups in total. The standard InChI is InChI=1S/C21H22F2N6O3.C19H22N4O3.C17H11F4N5O3.C15H11FN6O3.C15H13N7O4/c1-3-28(4-2)9-10-32-21(31)14-11-15(22)16(23)12-18(14)25-20(30)17-5-6-19(27-26-17)29-8-7-24-13-29;1-3-26-19(25)15-10-13(2)4-5-14(15)11-17(24)16-6-7-18(22-21-16)23-9-8-20-12-23;1-29-16(28)9-6-10(17(19,20)21)11(18)7-13(9)23-15(27)12-2-3-14(25-24-12)26-5-4-22-8-26;1-25-15(24)13-11(6-9(16)7-18-13)19-14(23)10-2-3-12(21-20-10)22-5-4-17-8-22;1-25-14(24)12-10(7-17-15(19-12)26-2)18-13(23)9-3-4-11(21-20-9)22-6-5-16-8-22/h5-8,11-13H,3-4,9-10H2,1-2H3,(H,25,30);6-9,12-13H,3-5,10-11H2,1-2H3;2-8H,1H3,(H,23,27);2-8H,1H3,(H,19,23);3-8H,1-2H3,(H,18,23). The van der Waals surface area contributed by atoms with Crippen LogP contribution >= 0.6 is 0 Å². The lowest BCUT2D eigenvalue weighted by molar-refractivity contribution is -0.140. The summed E-state index contributed by atoms with van der Waals surface area (Å²) in [6.07, 6.45) is 23.5. The minimum absolute atomic E-state index is 0.0241. The van der Waals surface area contributed by atoms with Crippen LogP contribution in [0.3, 0.4) is 0 Å². The smallest absolute Gasteiger partial charge is 0.419 e. The average Bonchev–Trinajstić information content (AvgIpc) is 1.07. The lowest BCUT2D eigenvalue weighted by Gasteiger charge is -2.23. The number of amides is 4. The van der Waals surface area contributed by atoms with Gasteiger partial charge < -0.3 is 54.6 Å². The van der Waals surface area contributed by atoms with E-state index in [0.717, 1.165) is 64.1 Å². The third-order valence-electron chi connectivity index (χ3n) is 19.3. The van der Waals surface area contributed by atoms with E-state index in [0.29, 0.717) is 78.0 Å². The molecule has 1 atom stereocenters. The molecule has 44 nitrogen and oxygen atoms in total. The van der Waals surface area contributed by atoms with Gasteiger partial charge in [0, 0.05) is 92.6 Å². The number of aromatic nitrogens is 23. The van der Waals surface area contributed by atoms with Crippen molar-refractivity contribution in [2.75, 3.05) is 82.6 Å². The van der Waals surface area contributed by atoms with Gasteiger partial charge in [0.25, 0.3) is 23.6 Å². The van der Waals surface area contributed by atoms with Crippen LogP contribution in [0.5, 0.6) is 6.01 Å². The number of allylic oxidation sites excluding steroid dienone is 1. The van der Waals surface area contributed by atoms with Crippen LogP contribution in [0.2, 0.25) is 0 Å². The number of carbonyl (C=O) groups excluding carboxylic acids is 10. The third kappa shape index (κ3) is 26.9. The first-order valence-corrected chi connectivity index (χ1v) is 40.8. The van der Waals surface area contributed by atoms with E-state index in [9.17, 15) is 78.7 Å². The summed E-state index contributed by atoms with van der Waals surface area (Å²) in [5.74, 6) is -9.06. The Morgan fingerprint density at radius 2 is 0.848 bits per heavy atom. The van der Waals surface area contributed by atoms with Gasteiger partial charge in [-0.05, 0) is 124 Å². The number of hydrogen-bond donors (Lipinski definition) is 4. The molecular formula is C87H79F7N28O16. The Bertz CT molecular complexity index is 6610. The molecule has 1 unspecified atom stereocenters. The Labute approximate surface area is 775 Å². The number of pyridine rings is 1. The summed E-state index contributed by atoms with van der Waals surface area (Å²) in [7, 11) is 4.64. The summed E-state index contributed by atoms with van der Waals surface area (Å²) in [5.41, 5.74) is -2.28. The van der Waals surface area contributed by atoms with Gasteiger partial charge in [-0.25, -0.2) is 76.4 Å². The Hall–Kier alpha value is -18.0. The number of hydrogen-bond acceptors (Lipinski definition) is 35. The molecule has 15 rings (SSSR count). The quantitative estimate of drug-likeness (QED) is 0.0153. The Balaban J connectivity index is 0.000000166. The van der Waals surface area contributed by atoms with Gasteiger partial charge >= 0.3 is 42.0 Å². The molecule has 4 amide bonds. The summed E-state index contributed by atoms with van der Waals surface area (Å²) < 4.78 is 130. The van der Waals surface area contributed by atoms with E-state index < -0.39 is 93.8 Å². The van der Waals surface area contributed by atoms with Gasteiger partial charge in [-0.2, -0.15) is 18.2 Å². The average molecular weight is 1910 g/mol. The lowest BCUT2D eigenvalue weighted by Crippen LogP contribution is -2.28. The van der Waals surface area contributed by atoms with Crippen LogP contribution in [0, 0.1) is 29.2 Å². The second kappa shape index (κ2) is 47.9. The number of benzene rings is 2. The fraction of sp³-hybridized carbons (Fsp3) is 0.218. The van der Waals surface area contributed by atoms with Gasteiger partial charge in [-0.1, -0.05) is 26.3 Å². The lowest BCUT2D eigenvalue weighted by atomic mass is 9.82. The molecule has 12 heterocycles. The Kier molecular flexibility index (Phi) is 34.9. The summed E-state index contributed by atoms with van der Waals surface area (Å²) in [5, 5.41) is 48.3. The van der Waals surface area contributed by atoms with Gasteiger partial charge in [0.1, 0.15) is 55.6 Å². The van der Waals surface area contributed by atoms with Gasteiger partial charge in [0.05, 0.1) is 86.9 Å². The summed E-state index contributed by atoms with van der Waals surface area (Å²) in [6, 6.07) is 18.1. The molecule has 0 spiro atoms. The zero-order valence-electron chi connectivity index (χ0n) is 73.8. The highest BCUT2D eigenvalue weighted by Gasteiger charge is 2.37. The van der Waals surface area contributed by atoms with E-state index in [2.05, 4.69) is 133 Å². The van der Waals surface area contributed by atoms with E-state index in [1.807, 2.05) is 18.7 Å². The maximum Gasteiger partial charge on any atom is 0.419 e. The molecule has 0 aliphatic heterocycles. The molecule has 0 saturated carbocycles. The van der Waals surface area contributed by atoms with Crippen molar-refractivity contribution in [3.63, 3.8) is 0 Å². The second-order valence-corrected chi connectivity index (χ2v) is 28.3. The van der Waals surface area contributed by atoms with Gasteiger partial charge in [-0.15, -0.1) is 51.0 Å². The molecule has 14 aromatic rings. The molecule has 1 aliphatic rings. The Morgan fingerprint density at radius 3 is 1.24 bits per heavy atom. The highest BCUT2D eigenvalue weighted by Crippen LogP contribution is 2.36. The van der Waals surface area contributed by atoms with E-state index in [4.69, 9.17) is 14.2 Å². The first-order chi connectivity index (χ1) is 66.4. The molecule has 0 radical (unpaired) electrons. The molecule has 0 bridgehead atoms. The van der Waals surface area contributed by atoms with Crippen molar-refractivity contribution in [1.29, 1.82) is 0 Å². The third-order valence-corrected chi connectivity index (χ3v) is 19.3. The number of Topliss-reactive ketones (excluding diaryl/α,β-unsaturated/α-hetero) is 1. The van der Waals surface area contributed by atoms with Crippen LogP contribution in [0.4, 0.5) is 53.5 Å². The molecule has 2 aromatic carbocycles. The fourth-order valence-corrected chi connectivity index (χ4v) is 12.2. The number of esters is 5. The number of ketones is 1. The number of alkyl halides is 3. The van der Waals surface area contributed by atoms with Crippen molar-refractivity contribution >= 4 is 82.0 Å². The molecular weight excluding hydrogens is 1830 g/mol. The molecule has 12 aromatic heterocycles. The number of nitrogens with one attached hydrogen (secondary N) is 4. The number of carbonyl (C=O) groups is 10. The molecule has 138 heavy (non-hydrogen) atoms. The number of nitrogens with zero attached hydrogens (tertiary/aromatic N) is 24. The predicted octanol–water partition coefficient (Wildman–Crippen LogP) is 10.2. The Morgan fingerprint density at radius 1 is 0.442 bits per heavy atom. The van der Waals surface area contributed by atoms with Gasteiger partial charge in [0.15, 0.2) is 80.7 Å². The van der Waals surface area contributed by atoms with Crippen molar-refractivity contribution < 1.29 is 107 Å². The highest BCUT2D eigenvalue weighted by molar-refractivity contribution is 6.10. The van der Waals surface area contributed by atoms with Crippen molar-refractivity contribution in [2.45, 2.75) is 59.6 Å². The van der Waals surface area contributed by atoms with Crippen molar-refractivity contribution in [2.24, 2.45) is 5.92 Å². The number of anilines is 4. The SMILES string of the molecule is CCN(CC)CCOC(=O)c1cc(F)c(F)cc1NC(=O)c1ccc(-n2ccnc2)nn1.CCOC(=O)C1=C(CC(=O)c2ccc(-n3ccnc3)nn2)CCC(C)C1.COC(=O)c1cc(C(F)(F)F)c(F)cc1NC(=O)c1ccc(-n2ccnc2)nn1.COC(=O)c1nc(OC)ncc1NC(=O)c1ccc(-n2ccnc2)nn1.COC(=O)c1ncc(F)cc1NC(=O)c1ccc(-n2ccnc2)nn1. The predicted molar refractivity (Wildman–Crippen MR) is 466 cm³/mol. The summed E-state index contributed by atoms with van der Waals surface area (Å²) in [4.78, 5) is 155. The number of methoxy groups -OCH3 is 4. The van der Waals surface area contributed by atoms with Crippen molar-refractivity contribution in [3.8, 4) is 35.1 Å². The minimum atomic E-state index is -5.04. The maximum atomic E-state index is 13.9. The van der Waals surface area contributed by atoms with Crippen LogP contribution in [-0.4, -0.2) is 239 Å². The first kappa shape index (κ1) is 101. The summed E-state index contributed by atoms with van der Waals surface area (Å²) in [6.45, 7) is 10.3. The second-order valence-electron chi connectivity index (χ2n) is 28.3. The molecule has 51 heteroatoms. The first-order valence-electron chi connectivity index (χ1n) is 40.8. The molecule has 1 aliphatic carbocycles. The van der Waals surface area contributed by atoms with E-state index >= 15 is 0 Å². The van der Waals surface area contributed by atoms with Crippen molar-refractivity contribution in [3.05, 3.63) is 288 Å². The summed E-state index contributed by atoms with van der Waals surface area (Å²) >= 11 is 0. The topological polar surface area (TPSA) is 534 Å². The normalized spacial score (nSPS) is 11.9. The highest BCUT2D eigenvalue weighted by atomic mass is 19.4. The zero-order chi connectivity index (χ0) is 99.1. The minimum Gasteiger partial charge on any atom is -0.467 e. The van der Waals surface area contributed by atoms with Crippen LogP contribution in [0.15, 0.2) is 208 Å². The van der Waals surface area contributed by atoms with Gasteiger partial charge in [-0.3, -0.25) is 46.8 Å². The van der Waals surface area contributed by atoms with Crippen LogP contribution in [0.25, 0.3) is 29.1 Å². The fourth-order valence-electron chi connectivity index (χ4n) is 12.2. The molecule has 712 valence electrons. The number of ether oxygens (including phenoxy) is 6. The maximum absolute atomic E-state index is 13.9. The monoisotopic (exact) mass is 1900 g/mol. The number of imidazole rings is 5. The van der Waals surface area contributed by atoms with E-state index in [-0.39, 0.29) is 93.6 Å². The van der Waals surface area contributed by atoms with Crippen LogP contribution < -0.4 is 26.0 Å². The van der Waals surface area contributed by atoms with E-state index in [1.165, 1.54) is 86.6 Å². The number of halogens is 7. The van der Waals surface area contributed by atoms with Crippen LogP contribution in [0.1, 0.15) is 153 Å². The largest absolute Gasteiger partial charge is 0.467 e. The van der Waals surface area contributed by atoms with Crippen molar-refractivity contribution in [1.82, 2.24) is 119 Å². The number of likely N-dealkylation sites (N-methyl/N-ethyl adjacent to an activating group) is 1. The molecule has 0 saturated heterocycles. The van der Waals surface area contributed by atoms with Crippen LogP contribution in [-0.2, 0) is 34.7 Å². The zero-order valence-corrected chi connectivity index (χ0v) is 73.8. The number of rotatable bonds is 28. The van der Waals surface area contributed by atoms with Gasteiger partial charge in [0.2, 0.25) is 0 Å². The van der Waals surface area contributed by atoms with E-state index in [1.54, 1.807) is 118 Å².